The van der Waals surface area contributed by atoms with Gasteiger partial charge < -0.3 is 15.2 Å². The van der Waals surface area contributed by atoms with Gasteiger partial charge in [-0.3, -0.25) is 0 Å². The Balaban J connectivity index is 2.14. The molecule has 1 unspecified atom stereocenters. The normalized spacial score (nSPS) is 21.5. The van der Waals surface area contributed by atoms with Gasteiger partial charge in [0.25, 0.3) is 0 Å². The van der Waals surface area contributed by atoms with Crippen LogP contribution >= 0.6 is 0 Å². The lowest BCUT2D eigenvalue weighted by molar-refractivity contribution is -0.0502. The fourth-order valence-corrected chi connectivity index (χ4v) is 1.03. The van der Waals surface area contributed by atoms with E-state index < -0.39 is 0 Å². The molecule has 1 saturated heterocycles. The topological polar surface area (TPSA) is 44.5 Å². The van der Waals surface area contributed by atoms with Gasteiger partial charge >= 0.3 is 0 Å². The number of rotatable bonds is 3. The van der Waals surface area contributed by atoms with E-state index in [1.54, 1.807) is 0 Å². The van der Waals surface area contributed by atoms with Crippen LogP contribution in [-0.2, 0) is 9.47 Å². The largest absolute Gasteiger partial charge is 0.350 e. The van der Waals surface area contributed by atoms with Crippen LogP contribution in [0.3, 0.4) is 0 Å². The van der Waals surface area contributed by atoms with E-state index in [-0.39, 0.29) is 12.3 Å². The Labute approximate surface area is 66.9 Å². The summed E-state index contributed by atoms with van der Waals surface area (Å²) >= 11 is 0. The Kier molecular flexibility index (Phi) is 3.37. The van der Waals surface area contributed by atoms with Gasteiger partial charge in [-0.15, -0.1) is 12.3 Å². The Morgan fingerprint density at radius 1 is 1.55 bits per heavy atom. The molecule has 62 valence electrons. The minimum atomic E-state index is -0.127. The first-order chi connectivity index (χ1) is 5.33. The Morgan fingerprint density at radius 3 is 2.73 bits per heavy atom. The van der Waals surface area contributed by atoms with E-state index in [1.165, 1.54) is 0 Å². The number of terminal acetylenes is 1. The zero-order valence-electron chi connectivity index (χ0n) is 6.45. The highest BCUT2D eigenvalue weighted by Gasteiger charge is 2.18. The molecule has 0 amide bonds. The van der Waals surface area contributed by atoms with E-state index >= 15 is 0 Å². The summed E-state index contributed by atoms with van der Waals surface area (Å²) in [5.74, 6) is 2.51. The van der Waals surface area contributed by atoms with Crippen molar-refractivity contribution in [3.05, 3.63) is 0 Å². The molecule has 1 atom stereocenters. The monoisotopic (exact) mass is 155 g/mol. The zero-order chi connectivity index (χ0) is 8.10. The van der Waals surface area contributed by atoms with E-state index in [2.05, 4.69) is 5.92 Å². The van der Waals surface area contributed by atoms with Crippen LogP contribution in [0, 0.1) is 12.3 Å². The van der Waals surface area contributed by atoms with Crippen LogP contribution in [0.15, 0.2) is 0 Å². The molecule has 0 aliphatic carbocycles. The van der Waals surface area contributed by atoms with Crippen LogP contribution in [0.25, 0.3) is 0 Å². The molecule has 3 heteroatoms. The lowest BCUT2D eigenvalue weighted by Gasteiger charge is -2.12. The fraction of sp³-hybridized carbons (Fsp3) is 0.750. The van der Waals surface area contributed by atoms with Gasteiger partial charge in [0.15, 0.2) is 6.29 Å². The van der Waals surface area contributed by atoms with Crippen molar-refractivity contribution in [2.75, 3.05) is 13.2 Å². The van der Waals surface area contributed by atoms with Gasteiger partial charge in [-0.2, -0.15) is 0 Å². The Bertz CT molecular complexity index is 147. The molecule has 3 nitrogen and oxygen atoms in total. The van der Waals surface area contributed by atoms with Crippen molar-refractivity contribution in [1.82, 2.24) is 0 Å². The van der Waals surface area contributed by atoms with Crippen molar-refractivity contribution in [2.24, 2.45) is 5.73 Å². The highest BCUT2D eigenvalue weighted by molar-refractivity contribution is 4.88. The Hall–Kier alpha value is -0.560. The lowest BCUT2D eigenvalue weighted by Crippen LogP contribution is -2.26. The average Bonchev–Trinajstić information content (AvgIpc) is 2.40. The third-order valence-electron chi connectivity index (χ3n) is 1.57. The highest BCUT2D eigenvalue weighted by atomic mass is 16.7. The highest BCUT2D eigenvalue weighted by Crippen LogP contribution is 2.10. The second-order valence-electron chi connectivity index (χ2n) is 2.58. The summed E-state index contributed by atoms with van der Waals surface area (Å²) in [5.41, 5.74) is 5.66. The lowest BCUT2D eigenvalue weighted by atomic mass is 10.1. The molecule has 0 bridgehead atoms. The molecular weight excluding hydrogens is 142 g/mol. The van der Waals surface area contributed by atoms with Gasteiger partial charge in [0, 0.05) is 18.9 Å². The van der Waals surface area contributed by atoms with Gasteiger partial charge in [-0.25, -0.2) is 0 Å². The number of nitrogens with two attached hydrogens (primary N) is 1. The number of hydrogen-bond donors (Lipinski definition) is 1. The Morgan fingerprint density at radius 2 is 2.18 bits per heavy atom. The summed E-state index contributed by atoms with van der Waals surface area (Å²) in [6, 6.07) is 0.00287. The predicted molar refractivity (Wildman–Crippen MR) is 41.7 cm³/mol. The number of ether oxygens (including phenoxy) is 2. The molecule has 1 aliphatic heterocycles. The maximum Gasteiger partial charge on any atom is 0.159 e. The van der Waals surface area contributed by atoms with Gasteiger partial charge in [-0.05, 0) is 0 Å². The smallest absolute Gasteiger partial charge is 0.159 e. The fourth-order valence-electron chi connectivity index (χ4n) is 1.03. The molecule has 1 aliphatic rings. The first kappa shape index (κ1) is 8.54. The first-order valence-electron chi connectivity index (χ1n) is 3.75. The second-order valence-corrected chi connectivity index (χ2v) is 2.58. The maximum atomic E-state index is 5.66. The minimum absolute atomic E-state index is 0.00287. The summed E-state index contributed by atoms with van der Waals surface area (Å²) in [4.78, 5) is 0. The standard InChI is InChI=1S/C8H13NO2/c1-2-3-7(9)6-8-10-4-5-11-8/h1,7-8H,3-6,9H2. The molecular formula is C8H13NO2. The molecule has 1 heterocycles. The average molecular weight is 155 g/mol. The van der Waals surface area contributed by atoms with Crippen LogP contribution in [0.4, 0.5) is 0 Å². The molecule has 1 fully saturated rings. The molecule has 1 rings (SSSR count). The van der Waals surface area contributed by atoms with Gasteiger partial charge in [0.1, 0.15) is 0 Å². The quantitative estimate of drug-likeness (QED) is 0.588. The van der Waals surface area contributed by atoms with E-state index in [1.807, 2.05) is 0 Å². The summed E-state index contributed by atoms with van der Waals surface area (Å²) in [7, 11) is 0. The first-order valence-corrected chi connectivity index (χ1v) is 3.75. The SMILES string of the molecule is C#CCC(N)CC1OCCO1. The van der Waals surface area contributed by atoms with Gasteiger partial charge in [-0.1, -0.05) is 0 Å². The number of hydrogen-bond acceptors (Lipinski definition) is 3. The van der Waals surface area contributed by atoms with Crippen LogP contribution < -0.4 is 5.73 Å². The molecule has 0 saturated carbocycles. The van der Waals surface area contributed by atoms with Crippen LogP contribution in [0.1, 0.15) is 12.8 Å². The molecule has 0 aromatic carbocycles. The van der Waals surface area contributed by atoms with Crippen LogP contribution in [0.2, 0.25) is 0 Å². The van der Waals surface area contributed by atoms with Crippen molar-refractivity contribution in [3.63, 3.8) is 0 Å². The molecule has 0 radical (unpaired) electrons. The van der Waals surface area contributed by atoms with Gasteiger partial charge in [0.2, 0.25) is 0 Å². The van der Waals surface area contributed by atoms with E-state index in [9.17, 15) is 0 Å². The summed E-state index contributed by atoms with van der Waals surface area (Å²) in [6.07, 6.45) is 6.25. The summed E-state index contributed by atoms with van der Waals surface area (Å²) < 4.78 is 10.4. The third kappa shape index (κ3) is 2.89. The summed E-state index contributed by atoms with van der Waals surface area (Å²) in [6.45, 7) is 1.35. The van der Waals surface area contributed by atoms with Crippen molar-refractivity contribution in [2.45, 2.75) is 25.2 Å². The molecule has 11 heavy (non-hydrogen) atoms. The van der Waals surface area contributed by atoms with Crippen molar-refractivity contribution in [1.29, 1.82) is 0 Å². The van der Waals surface area contributed by atoms with Gasteiger partial charge in [0.05, 0.1) is 13.2 Å². The van der Waals surface area contributed by atoms with Crippen LogP contribution in [0.5, 0.6) is 0 Å². The molecule has 0 aromatic rings. The second kappa shape index (κ2) is 4.35. The van der Waals surface area contributed by atoms with Crippen LogP contribution in [-0.4, -0.2) is 25.5 Å². The van der Waals surface area contributed by atoms with E-state index in [4.69, 9.17) is 21.6 Å². The van der Waals surface area contributed by atoms with Crippen molar-refractivity contribution in [3.8, 4) is 12.3 Å². The molecule has 0 spiro atoms. The van der Waals surface area contributed by atoms with Crippen molar-refractivity contribution < 1.29 is 9.47 Å². The predicted octanol–water partition coefficient (Wildman–Crippen LogP) is 0.1000. The van der Waals surface area contributed by atoms with E-state index in [0.29, 0.717) is 26.1 Å². The minimum Gasteiger partial charge on any atom is -0.350 e. The van der Waals surface area contributed by atoms with Crippen molar-refractivity contribution >= 4 is 0 Å². The summed E-state index contributed by atoms with van der Waals surface area (Å²) in [5, 5.41) is 0. The maximum absolute atomic E-state index is 5.66. The molecule has 0 aromatic heterocycles. The third-order valence-corrected chi connectivity index (χ3v) is 1.57. The zero-order valence-corrected chi connectivity index (χ0v) is 6.45. The van der Waals surface area contributed by atoms with E-state index in [0.717, 1.165) is 0 Å². The molecule has 2 N–H and O–H groups in total.